The van der Waals surface area contributed by atoms with Gasteiger partial charge in [0.2, 0.25) is 0 Å². The molecule has 3 aromatic rings. The molecule has 2 aromatic carbocycles. The molecule has 0 radical (unpaired) electrons. The van der Waals surface area contributed by atoms with E-state index in [-0.39, 0.29) is 11.3 Å². The number of aliphatic hydroxyl groups is 3. The first kappa shape index (κ1) is 32.0. The van der Waals surface area contributed by atoms with Gasteiger partial charge in [-0.15, -0.1) is 5.10 Å². The van der Waals surface area contributed by atoms with Crippen LogP contribution in [0.4, 0.5) is 18.9 Å². The van der Waals surface area contributed by atoms with Gasteiger partial charge in [-0.25, -0.2) is 17.9 Å². The van der Waals surface area contributed by atoms with Crippen molar-refractivity contribution in [2.45, 2.75) is 68.3 Å². The number of amides is 1. The van der Waals surface area contributed by atoms with Crippen molar-refractivity contribution in [3.05, 3.63) is 62.9 Å². The Morgan fingerprint density at radius 3 is 2.35 bits per heavy atom. The number of ether oxygens (including phenoxy) is 2. The molecule has 5 rings (SSSR count). The van der Waals surface area contributed by atoms with Crippen molar-refractivity contribution in [2.75, 3.05) is 18.6 Å². The van der Waals surface area contributed by atoms with E-state index in [1.54, 1.807) is 18.2 Å². The predicted molar refractivity (Wildman–Crippen MR) is 155 cm³/mol. The number of aromatic nitrogens is 3. The lowest BCUT2D eigenvalue weighted by Crippen LogP contribution is -2.63. The molecule has 1 saturated carbocycles. The molecule has 10 nitrogen and oxygen atoms in total. The summed E-state index contributed by atoms with van der Waals surface area (Å²) in [5.41, 5.74) is 0.324. The van der Waals surface area contributed by atoms with Crippen LogP contribution in [0.15, 0.2) is 45.5 Å². The standard InChI is InChI=1S/C28H29Br2F3N4O6/c1-42-26-24(36-11-19(34-35-36)13-6-17(31)23(33)18(32)7-13)25(40)22(12-38)43-27(26)28(41)37(20-4-2-3-5-21(20)39)16-9-14(29)8-15(30)10-16/h6-11,20-22,24-27,38-40H,2-5,12H2,1H3/t20-,21-,22?,24?,25?,26?,27?/m0/s1. The molecule has 0 bridgehead atoms. The second-order valence-corrected chi connectivity index (χ2v) is 12.4. The minimum atomic E-state index is -1.63. The Balaban J connectivity index is 1.55. The van der Waals surface area contributed by atoms with Gasteiger partial charge in [-0.1, -0.05) is 49.9 Å². The molecular formula is C28H29Br2F3N4O6. The zero-order valence-electron chi connectivity index (χ0n) is 22.8. The molecule has 1 amide bonds. The third kappa shape index (κ3) is 6.39. The van der Waals surface area contributed by atoms with E-state index in [1.165, 1.54) is 18.2 Å². The number of benzene rings is 2. The smallest absolute Gasteiger partial charge is 0.259 e. The molecule has 232 valence electrons. The molecule has 0 spiro atoms. The highest BCUT2D eigenvalue weighted by molar-refractivity contribution is 9.11. The van der Waals surface area contributed by atoms with E-state index in [0.29, 0.717) is 27.5 Å². The highest BCUT2D eigenvalue weighted by Crippen LogP contribution is 2.37. The molecule has 1 saturated heterocycles. The maximum Gasteiger partial charge on any atom is 0.259 e. The maximum absolute atomic E-state index is 14.5. The summed E-state index contributed by atoms with van der Waals surface area (Å²) in [5.74, 6) is -5.05. The molecular weight excluding hydrogens is 705 g/mol. The topological polar surface area (TPSA) is 130 Å². The number of anilines is 1. The third-order valence-corrected chi connectivity index (χ3v) is 8.78. The van der Waals surface area contributed by atoms with E-state index in [1.807, 2.05) is 0 Å². The van der Waals surface area contributed by atoms with Crippen molar-refractivity contribution in [1.82, 2.24) is 15.0 Å². The Labute approximate surface area is 261 Å². The Morgan fingerprint density at radius 2 is 1.74 bits per heavy atom. The number of halogens is 5. The Hall–Kier alpha value is -2.40. The number of hydrogen-bond acceptors (Lipinski definition) is 8. The number of hydrogen-bond donors (Lipinski definition) is 3. The highest BCUT2D eigenvalue weighted by atomic mass is 79.9. The lowest BCUT2D eigenvalue weighted by Gasteiger charge is -2.46. The fourth-order valence-electron chi connectivity index (χ4n) is 5.81. The van der Waals surface area contributed by atoms with Crippen LogP contribution in [0.25, 0.3) is 11.3 Å². The van der Waals surface area contributed by atoms with Gasteiger partial charge in [0.05, 0.1) is 24.9 Å². The molecule has 43 heavy (non-hydrogen) atoms. The van der Waals surface area contributed by atoms with E-state index < -0.39 is 72.6 Å². The normalized spacial score (nSPS) is 27.7. The molecule has 3 N–H and O–H groups in total. The summed E-state index contributed by atoms with van der Waals surface area (Å²) in [4.78, 5) is 15.9. The number of methoxy groups -OCH3 is 1. The zero-order chi connectivity index (χ0) is 31.0. The van der Waals surface area contributed by atoms with E-state index >= 15 is 0 Å². The van der Waals surface area contributed by atoms with Gasteiger partial charge in [-0.05, 0) is 43.2 Å². The van der Waals surface area contributed by atoms with Crippen LogP contribution in [0, 0.1) is 17.5 Å². The van der Waals surface area contributed by atoms with Gasteiger partial charge in [0, 0.05) is 27.3 Å². The van der Waals surface area contributed by atoms with Gasteiger partial charge in [0.25, 0.3) is 5.91 Å². The predicted octanol–water partition coefficient (Wildman–Crippen LogP) is 3.90. The average Bonchev–Trinajstić information content (AvgIpc) is 3.45. The maximum atomic E-state index is 14.5. The number of rotatable bonds is 7. The van der Waals surface area contributed by atoms with E-state index in [4.69, 9.17) is 9.47 Å². The average molecular weight is 734 g/mol. The van der Waals surface area contributed by atoms with Gasteiger partial charge in [0.1, 0.15) is 30.0 Å². The van der Waals surface area contributed by atoms with Crippen molar-refractivity contribution in [3.63, 3.8) is 0 Å². The van der Waals surface area contributed by atoms with Crippen molar-refractivity contribution in [2.24, 2.45) is 0 Å². The number of carbonyl (C=O) groups excluding carboxylic acids is 1. The van der Waals surface area contributed by atoms with Crippen LogP contribution in [0.5, 0.6) is 0 Å². The summed E-state index contributed by atoms with van der Waals surface area (Å²) in [6.45, 7) is -0.664. The van der Waals surface area contributed by atoms with Crippen molar-refractivity contribution < 1.29 is 42.8 Å². The molecule has 1 aromatic heterocycles. The van der Waals surface area contributed by atoms with E-state index in [9.17, 15) is 33.3 Å². The second kappa shape index (κ2) is 13.3. The van der Waals surface area contributed by atoms with Crippen LogP contribution in [-0.2, 0) is 14.3 Å². The van der Waals surface area contributed by atoms with Crippen LogP contribution in [0.1, 0.15) is 31.7 Å². The molecule has 2 heterocycles. The molecule has 2 fully saturated rings. The number of nitrogens with zero attached hydrogens (tertiary/aromatic N) is 4. The molecule has 1 aliphatic heterocycles. The van der Waals surface area contributed by atoms with Gasteiger partial charge in [0.15, 0.2) is 23.6 Å². The third-order valence-electron chi connectivity index (χ3n) is 7.87. The fourth-order valence-corrected chi connectivity index (χ4v) is 7.08. The van der Waals surface area contributed by atoms with Gasteiger partial charge >= 0.3 is 0 Å². The van der Waals surface area contributed by atoms with Crippen LogP contribution in [0.2, 0.25) is 0 Å². The zero-order valence-corrected chi connectivity index (χ0v) is 26.0. The van der Waals surface area contributed by atoms with Crippen molar-refractivity contribution >= 4 is 43.5 Å². The molecule has 2 aliphatic rings. The molecule has 5 unspecified atom stereocenters. The summed E-state index contributed by atoms with van der Waals surface area (Å²) < 4.78 is 55.5. The second-order valence-electron chi connectivity index (χ2n) is 10.6. The first-order valence-electron chi connectivity index (χ1n) is 13.5. The van der Waals surface area contributed by atoms with Gasteiger partial charge in [-0.3, -0.25) is 4.79 Å². The van der Waals surface area contributed by atoms with Crippen molar-refractivity contribution in [3.8, 4) is 11.3 Å². The van der Waals surface area contributed by atoms with E-state index in [0.717, 1.165) is 29.7 Å². The number of aliphatic hydroxyl groups excluding tert-OH is 3. The Kier molecular flexibility index (Phi) is 9.90. The largest absolute Gasteiger partial charge is 0.394 e. The fraction of sp³-hybridized carbons (Fsp3) is 0.464. The minimum Gasteiger partial charge on any atom is -0.394 e. The van der Waals surface area contributed by atoms with Crippen LogP contribution in [-0.4, -0.2) is 86.5 Å². The molecule has 1 aliphatic carbocycles. The lowest BCUT2D eigenvalue weighted by molar-refractivity contribution is -0.211. The first-order chi connectivity index (χ1) is 20.5. The number of carbonyl (C=O) groups is 1. The SMILES string of the molecule is COC1C(C(=O)N(c2cc(Br)cc(Br)c2)[C@H]2CCCC[C@@H]2O)OC(CO)C(O)C1n1cc(-c2cc(F)c(F)c(F)c2)nn1. The highest BCUT2D eigenvalue weighted by Gasteiger charge is 2.52. The summed E-state index contributed by atoms with van der Waals surface area (Å²) in [6, 6.07) is 5.02. The summed E-state index contributed by atoms with van der Waals surface area (Å²) in [6.07, 6.45) is -2.24. The molecule has 7 atom stereocenters. The van der Waals surface area contributed by atoms with Crippen LogP contribution >= 0.6 is 31.9 Å². The Bertz CT molecular complexity index is 1440. The van der Waals surface area contributed by atoms with Crippen molar-refractivity contribution in [1.29, 1.82) is 0 Å². The first-order valence-corrected chi connectivity index (χ1v) is 15.1. The monoisotopic (exact) mass is 732 g/mol. The summed E-state index contributed by atoms with van der Waals surface area (Å²) >= 11 is 6.91. The quantitative estimate of drug-likeness (QED) is 0.312. The minimum absolute atomic E-state index is 0.0410. The molecule has 15 heteroatoms. The van der Waals surface area contributed by atoms with Crippen LogP contribution < -0.4 is 4.90 Å². The van der Waals surface area contributed by atoms with Crippen LogP contribution in [0.3, 0.4) is 0 Å². The van der Waals surface area contributed by atoms with E-state index in [2.05, 4.69) is 42.2 Å². The summed E-state index contributed by atoms with van der Waals surface area (Å²) in [5, 5.41) is 40.2. The lowest BCUT2D eigenvalue weighted by atomic mass is 9.88. The van der Waals surface area contributed by atoms with Gasteiger partial charge in [-0.2, -0.15) is 0 Å². The van der Waals surface area contributed by atoms with Gasteiger partial charge < -0.3 is 29.7 Å². The Morgan fingerprint density at radius 1 is 1.09 bits per heavy atom. The summed E-state index contributed by atoms with van der Waals surface area (Å²) in [7, 11) is 1.31.